The van der Waals surface area contributed by atoms with Crippen molar-refractivity contribution in [2.75, 3.05) is 31.1 Å². The standard InChI is InChI=1S/C19H28N4O3/c1-15(19(24)20-16-5-3-2-4-6-16)21-11-13-22(14-12-21)17-7-9-18(10-8-17)23(25)26/h7-10,15-16H,2-6,11-14H2,1H3,(H,20,24). The highest BCUT2D eigenvalue weighted by Crippen LogP contribution is 2.21. The molecule has 1 atom stereocenters. The first-order valence-corrected chi connectivity index (χ1v) is 9.58. The van der Waals surface area contributed by atoms with Crippen molar-refractivity contribution in [1.82, 2.24) is 10.2 Å². The van der Waals surface area contributed by atoms with Crippen molar-refractivity contribution in [2.45, 2.75) is 51.1 Å². The number of hydrogen-bond donors (Lipinski definition) is 1. The SMILES string of the molecule is CC(C(=O)NC1CCCCC1)N1CCN(c2ccc([N+](=O)[O-])cc2)CC1. The van der Waals surface area contributed by atoms with E-state index < -0.39 is 0 Å². The fourth-order valence-corrected chi connectivity index (χ4v) is 3.89. The number of nitrogens with one attached hydrogen (secondary N) is 1. The molecular formula is C19H28N4O3. The second-order valence-corrected chi connectivity index (χ2v) is 7.32. The third-order valence-corrected chi connectivity index (χ3v) is 5.62. The monoisotopic (exact) mass is 360 g/mol. The lowest BCUT2D eigenvalue weighted by atomic mass is 9.95. The Morgan fingerprint density at radius 3 is 2.31 bits per heavy atom. The average molecular weight is 360 g/mol. The number of benzene rings is 1. The molecule has 3 rings (SSSR count). The van der Waals surface area contributed by atoms with Crippen LogP contribution in [0.5, 0.6) is 0 Å². The summed E-state index contributed by atoms with van der Waals surface area (Å²) < 4.78 is 0. The minimum atomic E-state index is -0.381. The summed E-state index contributed by atoms with van der Waals surface area (Å²) in [4.78, 5) is 27.3. The molecule has 0 bridgehead atoms. The van der Waals surface area contributed by atoms with Gasteiger partial charge in [-0.15, -0.1) is 0 Å². The van der Waals surface area contributed by atoms with Gasteiger partial charge in [0.05, 0.1) is 11.0 Å². The van der Waals surface area contributed by atoms with Crippen LogP contribution >= 0.6 is 0 Å². The van der Waals surface area contributed by atoms with E-state index in [0.717, 1.165) is 44.7 Å². The number of non-ortho nitro benzene ring substituents is 1. The summed E-state index contributed by atoms with van der Waals surface area (Å²) in [6.07, 6.45) is 5.92. The van der Waals surface area contributed by atoms with E-state index in [1.165, 1.54) is 19.3 Å². The van der Waals surface area contributed by atoms with Crippen LogP contribution in [0.4, 0.5) is 11.4 Å². The van der Waals surface area contributed by atoms with Gasteiger partial charge in [-0.3, -0.25) is 19.8 Å². The van der Waals surface area contributed by atoms with Gasteiger partial charge in [-0.05, 0) is 31.9 Å². The van der Waals surface area contributed by atoms with E-state index in [2.05, 4.69) is 15.1 Å². The van der Waals surface area contributed by atoms with Crippen LogP contribution in [0.3, 0.4) is 0 Å². The maximum absolute atomic E-state index is 12.5. The molecule has 0 aromatic heterocycles. The largest absolute Gasteiger partial charge is 0.369 e. The highest BCUT2D eigenvalue weighted by Gasteiger charge is 2.27. The van der Waals surface area contributed by atoms with E-state index in [9.17, 15) is 14.9 Å². The number of amides is 1. The van der Waals surface area contributed by atoms with Gasteiger partial charge in [0, 0.05) is 50.0 Å². The first-order valence-electron chi connectivity index (χ1n) is 9.58. The maximum atomic E-state index is 12.5. The van der Waals surface area contributed by atoms with Crippen LogP contribution in [-0.2, 0) is 4.79 Å². The predicted octanol–water partition coefficient (Wildman–Crippen LogP) is 2.55. The van der Waals surface area contributed by atoms with Gasteiger partial charge < -0.3 is 10.2 Å². The number of nitro groups is 1. The summed E-state index contributed by atoms with van der Waals surface area (Å²) in [5, 5.41) is 14.0. The lowest BCUT2D eigenvalue weighted by molar-refractivity contribution is -0.384. The molecule has 1 aromatic rings. The molecule has 1 unspecified atom stereocenters. The zero-order valence-corrected chi connectivity index (χ0v) is 15.4. The maximum Gasteiger partial charge on any atom is 0.269 e. The molecule has 1 aliphatic carbocycles. The third kappa shape index (κ3) is 4.52. The Morgan fingerprint density at radius 2 is 1.73 bits per heavy atom. The summed E-state index contributed by atoms with van der Waals surface area (Å²) in [7, 11) is 0. The zero-order valence-electron chi connectivity index (χ0n) is 15.4. The topological polar surface area (TPSA) is 78.7 Å². The van der Waals surface area contributed by atoms with Gasteiger partial charge in [-0.1, -0.05) is 19.3 Å². The van der Waals surface area contributed by atoms with E-state index in [1.54, 1.807) is 24.3 Å². The summed E-state index contributed by atoms with van der Waals surface area (Å²) in [5.74, 6) is 0.140. The second kappa shape index (κ2) is 8.49. The fraction of sp³-hybridized carbons (Fsp3) is 0.632. The smallest absolute Gasteiger partial charge is 0.269 e. The lowest BCUT2D eigenvalue weighted by Crippen LogP contribution is -2.55. The van der Waals surface area contributed by atoms with Gasteiger partial charge in [-0.2, -0.15) is 0 Å². The van der Waals surface area contributed by atoms with Gasteiger partial charge in [0.1, 0.15) is 0 Å². The number of piperazine rings is 1. The van der Waals surface area contributed by atoms with Crippen LogP contribution in [0.15, 0.2) is 24.3 Å². The van der Waals surface area contributed by atoms with Gasteiger partial charge in [0.15, 0.2) is 0 Å². The van der Waals surface area contributed by atoms with Crippen LogP contribution < -0.4 is 10.2 Å². The van der Waals surface area contributed by atoms with Crippen molar-refractivity contribution in [3.05, 3.63) is 34.4 Å². The Labute approximate surface area is 154 Å². The number of hydrogen-bond acceptors (Lipinski definition) is 5. The molecule has 1 aromatic carbocycles. The number of rotatable bonds is 5. The third-order valence-electron chi connectivity index (χ3n) is 5.62. The van der Waals surface area contributed by atoms with Gasteiger partial charge in [-0.25, -0.2) is 0 Å². The van der Waals surface area contributed by atoms with Crippen molar-refractivity contribution in [3.63, 3.8) is 0 Å². The Morgan fingerprint density at radius 1 is 1.12 bits per heavy atom. The molecule has 0 radical (unpaired) electrons. The summed E-state index contributed by atoms with van der Waals surface area (Å²) in [6.45, 7) is 5.25. The Balaban J connectivity index is 1.49. The molecule has 1 amide bonds. The average Bonchev–Trinajstić information content (AvgIpc) is 2.68. The van der Waals surface area contributed by atoms with Crippen molar-refractivity contribution in [3.8, 4) is 0 Å². The molecule has 1 saturated heterocycles. The van der Waals surface area contributed by atoms with Crippen molar-refractivity contribution in [2.24, 2.45) is 0 Å². The first kappa shape index (κ1) is 18.6. The van der Waals surface area contributed by atoms with Crippen LogP contribution in [0.2, 0.25) is 0 Å². The van der Waals surface area contributed by atoms with Gasteiger partial charge in [0.25, 0.3) is 5.69 Å². The molecule has 1 heterocycles. The Hall–Kier alpha value is -2.15. The molecule has 1 saturated carbocycles. The molecule has 0 spiro atoms. The molecule has 2 fully saturated rings. The van der Waals surface area contributed by atoms with Crippen LogP contribution in [0.25, 0.3) is 0 Å². The zero-order chi connectivity index (χ0) is 18.5. The first-order chi connectivity index (χ1) is 12.5. The molecule has 142 valence electrons. The van der Waals surface area contributed by atoms with Crippen molar-refractivity contribution >= 4 is 17.3 Å². The van der Waals surface area contributed by atoms with Gasteiger partial charge in [0.2, 0.25) is 5.91 Å². The minimum absolute atomic E-state index is 0.111. The minimum Gasteiger partial charge on any atom is -0.369 e. The molecule has 7 nitrogen and oxygen atoms in total. The predicted molar refractivity (Wildman–Crippen MR) is 101 cm³/mol. The van der Waals surface area contributed by atoms with E-state index in [-0.39, 0.29) is 22.6 Å². The lowest BCUT2D eigenvalue weighted by Gasteiger charge is -2.39. The highest BCUT2D eigenvalue weighted by molar-refractivity contribution is 5.81. The number of carbonyl (C=O) groups is 1. The molecule has 26 heavy (non-hydrogen) atoms. The number of carbonyl (C=O) groups excluding carboxylic acids is 1. The van der Waals surface area contributed by atoms with E-state index >= 15 is 0 Å². The Kier molecular flexibility index (Phi) is 6.08. The number of nitrogens with zero attached hydrogens (tertiary/aromatic N) is 3. The van der Waals surface area contributed by atoms with Crippen LogP contribution in [-0.4, -0.2) is 54.0 Å². The van der Waals surface area contributed by atoms with Crippen LogP contribution in [0.1, 0.15) is 39.0 Å². The van der Waals surface area contributed by atoms with Crippen molar-refractivity contribution < 1.29 is 9.72 Å². The number of nitro benzene ring substituents is 1. The quantitative estimate of drug-likeness (QED) is 0.645. The Bertz CT molecular complexity index is 620. The second-order valence-electron chi connectivity index (χ2n) is 7.32. The van der Waals surface area contributed by atoms with Crippen molar-refractivity contribution in [1.29, 1.82) is 0 Å². The normalized spacial score (nSPS) is 20.6. The summed E-state index contributed by atoms with van der Waals surface area (Å²) >= 11 is 0. The summed E-state index contributed by atoms with van der Waals surface area (Å²) in [6, 6.07) is 6.92. The molecule has 7 heteroatoms. The van der Waals surface area contributed by atoms with E-state index in [4.69, 9.17) is 0 Å². The van der Waals surface area contributed by atoms with E-state index in [0.29, 0.717) is 6.04 Å². The highest BCUT2D eigenvalue weighted by atomic mass is 16.6. The van der Waals surface area contributed by atoms with E-state index in [1.807, 2.05) is 6.92 Å². The summed E-state index contributed by atoms with van der Waals surface area (Å²) in [5.41, 5.74) is 1.11. The molecule has 1 aliphatic heterocycles. The molecule has 2 aliphatic rings. The molecular weight excluding hydrogens is 332 g/mol. The fourth-order valence-electron chi connectivity index (χ4n) is 3.89. The molecule has 1 N–H and O–H groups in total. The van der Waals surface area contributed by atoms with Crippen LogP contribution in [0, 0.1) is 10.1 Å². The van der Waals surface area contributed by atoms with Gasteiger partial charge >= 0.3 is 0 Å². The number of anilines is 1.